The minimum atomic E-state index is -0.0102. The molecule has 0 saturated heterocycles. The van der Waals surface area contributed by atoms with Gasteiger partial charge in [0.1, 0.15) is 0 Å². The molecule has 0 bridgehead atoms. The van der Waals surface area contributed by atoms with Crippen LogP contribution < -0.4 is 10.6 Å². The molecule has 0 aromatic heterocycles. The van der Waals surface area contributed by atoms with Gasteiger partial charge >= 0.3 is 0 Å². The molecule has 18 heavy (non-hydrogen) atoms. The Kier molecular flexibility index (Phi) is 9.96. The maximum atomic E-state index is 11.4. The molecular weight excluding hydrogens is 320 g/mol. The molecule has 1 aromatic carbocycles. The van der Waals surface area contributed by atoms with E-state index in [1.165, 1.54) is 0 Å². The minimum Gasteiger partial charge on any atom is -0.383 e. The highest BCUT2D eigenvalue weighted by Crippen LogP contribution is 2.09. The van der Waals surface area contributed by atoms with E-state index in [9.17, 15) is 4.79 Å². The Labute approximate surface area is 122 Å². The summed E-state index contributed by atoms with van der Waals surface area (Å²) in [4.78, 5) is 11.4. The van der Waals surface area contributed by atoms with E-state index in [0.717, 1.165) is 10.0 Å². The van der Waals surface area contributed by atoms with Crippen molar-refractivity contribution in [2.24, 2.45) is 0 Å². The van der Waals surface area contributed by atoms with Crippen molar-refractivity contribution < 1.29 is 9.53 Å². The first kappa shape index (κ1) is 17.4. The summed E-state index contributed by atoms with van der Waals surface area (Å²) in [5.41, 5.74) is 1.08. The van der Waals surface area contributed by atoms with Crippen molar-refractivity contribution in [2.45, 2.75) is 6.54 Å². The average Bonchev–Trinajstić information content (AvgIpc) is 2.34. The van der Waals surface area contributed by atoms with Gasteiger partial charge in [0.25, 0.3) is 0 Å². The summed E-state index contributed by atoms with van der Waals surface area (Å²) in [6.45, 7) is 2.17. The molecule has 0 saturated carbocycles. The molecule has 0 fully saturated rings. The van der Waals surface area contributed by atoms with Gasteiger partial charge in [0.15, 0.2) is 0 Å². The fourth-order valence-electron chi connectivity index (χ4n) is 1.24. The number of amides is 1. The highest BCUT2D eigenvalue weighted by atomic mass is 79.9. The van der Waals surface area contributed by atoms with Gasteiger partial charge in [-0.25, -0.2) is 0 Å². The standard InChI is InChI=1S/C12H17BrN2O2.ClH/c1-17-7-6-14-9-12(16)15-8-10-2-4-11(13)5-3-10;/h2-5,14H,6-9H2,1H3,(H,15,16);1H. The van der Waals surface area contributed by atoms with E-state index >= 15 is 0 Å². The lowest BCUT2D eigenvalue weighted by Crippen LogP contribution is -2.34. The van der Waals surface area contributed by atoms with Crippen LogP contribution >= 0.6 is 28.3 Å². The molecule has 0 atom stereocenters. The third-order valence-corrected chi connectivity index (χ3v) is 2.70. The zero-order chi connectivity index (χ0) is 12.5. The van der Waals surface area contributed by atoms with Crippen molar-refractivity contribution in [1.29, 1.82) is 0 Å². The minimum absolute atomic E-state index is 0. The third kappa shape index (κ3) is 7.66. The van der Waals surface area contributed by atoms with Gasteiger partial charge in [-0.15, -0.1) is 12.4 Å². The lowest BCUT2D eigenvalue weighted by atomic mass is 10.2. The molecular formula is C12H18BrClN2O2. The van der Waals surface area contributed by atoms with Crippen LogP contribution in [0.15, 0.2) is 28.7 Å². The van der Waals surface area contributed by atoms with Crippen molar-refractivity contribution >= 4 is 34.2 Å². The van der Waals surface area contributed by atoms with Gasteiger partial charge in [-0.1, -0.05) is 28.1 Å². The number of carbonyl (C=O) groups excluding carboxylic acids is 1. The second-order valence-corrected chi connectivity index (χ2v) is 4.49. The van der Waals surface area contributed by atoms with Gasteiger partial charge < -0.3 is 15.4 Å². The Hall–Kier alpha value is -0.620. The molecule has 0 aliphatic heterocycles. The van der Waals surface area contributed by atoms with Gasteiger partial charge in [0.05, 0.1) is 13.2 Å². The van der Waals surface area contributed by atoms with Crippen LogP contribution in [-0.2, 0) is 16.1 Å². The predicted octanol–water partition coefficient (Wildman–Crippen LogP) is 1.72. The Morgan fingerprint density at radius 2 is 2.00 bits per heavy atom. The summed E-state index contributed by atoms with van der Waals surface area (Å²) >= 11 is 3.37. The third-order valence-electron chi connectivity index (χ3n) is 2.17. The van der Waals surface area contributed by atoms with Gasteiger partial charge in [0, 0.05) is 24.7 Å². The molecule has 1 rings (SSSR count). The summed E-state index contributed by atoms with van der Waals surface area (Å²) in [5.74, 6) is -0.0102. The molecule has 4 nitrogen and oxygen atoms in total. The van der Waals surface area contributed by atoms with E-state index < -0.39 is 0 Å². The van der Waals surface area contributed by atoms with E-state index in [0.29, 0.717) is 26.2 Å². The van der Waals surface area contributed by atoms with Crippen LogP contribution in [0.2, 0.25) is 0 Å². The van der Waals surface area contributed by atoms with E-state index in [1.807, 2.05) is 24.3 Å². The number of hydrogen-bond donors (Lipinski definition) is 2. The lowest BCUT2D eigenvalue weighted by molar-refractivity contribution is -0.120. The number of halogens is 2. The summed E-state index contributed by atoms with van der Waals surface area (Å²) in [7, 11) is 1.63. The summed E-state index contributed by atoms with van der Waals surface area (Å²) in [6.07, 6.45) is 0. The van der Waals surface area contributed by atoms with Crippen LogP contribution in [0.1, 0.15) is 5.56 Å². The first-order chi connectivity index (χ1) is 8.22. The number of benzene rings is 1. The Balaban J connectivity index is 0.00000289. The Morgan fingerprint density at radius 1 is 1.33 bits per heavy atom. The SMILES string of the molecule is COCCNCC(=O)NCc1ccc(Br)cc1.Cl. The summed E-state index contributed by atoms with van der Waals surface area (Å²) in [6, 6.07) is 7.86. The van der Waals surface area contributed by atoms with Crippen LogP contribution in [0.3, 0.4) is 0 Å². The predicted molar refractivity (Wildman–Crippen MR) is 78.0 cm³/mol. The fourth-order valence-corrected chi connectivity index (χ4v) is 1.51. The van der Waals surface area contributed by atoms with Crippen molar-refractivity contribution in [3.8, 4) is 0 Å². The van der Waals surface area contributed by atoms with Crippen molar-refractivity contribution in [3.63, 3.8) is 0 Å². The molecule has 0 spiro atoms. The van der Waals surface area contributed by atoms with Crippen LogP contribution in [-0.4, -0.2) is 32.7 Å². The second kappa shape index (κ2) is 10.3. The monoisotopic (exact) mass is 336 g/mol. The molecule has 6 heteroatoms. The maximum Gasteiger partial charge on any atom is 0.234 e. The molecule has 0 heterocycles. The van der Waals surface area contributed by atoms with Gasteiger partial charge in [0.2, 0.25) is 5.91 Å². The van der Waals surface area contributed by atoms with Crippen LogP contribution in [0.5, 0.6) is 0 Å². The molecule has 0 radical (unpaired) electrons. The normalized spacial score (nSPS) is 9.67. The zero-order valence-corrected chi connectivity index (χ0v) is 12.6. The van der Waals surface area contributed by atoms with Gasteiger partial charge in [-0.05, 0) is 17.7 Å². The first-order valence-corrected chi connectivity index (χ1v) is 6.22. The van der Waals surface area contributed by atoms with E-state index in [2.05, 4.69) is 26.6 Å². The van der Waals surface area contributed by atoms with Crippen molar-refractivity contribution in [3.05, 3.63) is 34.3 Å². The van der Waals surface area contributed by atoms with E-state index in [1.54, 1.807) is 7.11 Å². The number of hydrogen-bond acceptors (Lipinski definition) is 3. The van der Waals surface area contributed by atoms with Crippen LogP contribution in [0.25, 0.3) is 0 Å². The number of carbonyl (C=O) groups is 1. The Morgan fingerprint density at radius 3 is 2.61 bits per heavy atom. The largest absolute Gasteiger partial charge is 0.383 e. The first-order valence-electron chi connectivity index (χ1n) is 5.43. The number of rotatable bonds is 7. The van der Waals surface area contributed by atoms with Gasteiger partial charge in [-0.2, -0.15) is 0 Å². The highest BCUT2D eigenvalue weighted by molar-refractivity contribution is 9.10. The quantitative estimate of drug-likeness (QED) is 0.745. The highest BCUT2D eigenvalue weighted by Gasteiger charge is 2.00. The van der Waals surface area contributed by atoms with E-state index in [4.69, 9.17) is 4.74 Å². The summed E-state index contributed by atoms with van der Waals surface area (Å²) < 4.78 is 5.90. The van der Waals surface area contributed by atoms with Crippen LogP contribution in [0.4, 0.5) is 0 Å². The molecule has 0 aliphatic rings. The molecule has 1 amide bonds. The van der Waals surface area contributed by atoms with Crippen molar-refractivity contribution in [2.75, 3.05) is 26.8 Å². The zero-order valence-electron chi connectivity index (χ0n) is 10.2. The maximum absolute atomic E-state index is 11.4. The molecule has 2 N–H and O–H groups in total. The number of methoxy groups -OCH3 is 1. The second-order valence-electron chi connectivity index (χ2n) is 3.57. The molecule has 102 valence electrons. The average molecular weight is 338 g/mol. The van der Waals surface area contributed by atoms with Crippen LogP contribution in [0, 0.1) is 0 Å². The fraction of sp³-hybridized carbons (Fsp3) is 0.417. The van der Waals surface area contributed by atoms with Crippen molar-refractivity contribution in [1.82, 2.24) is 10.6 Å². The Bertz CT molecular complexity index is 346. The lowest BCUT2D eigenvalue weighted by Gasteiger charge is -2.06. The molecule has 0 aliphatic carbocycles. The smallest absolute Gasteiger partial charge is 0.234 e. The summed E-state index contributed by atoms with van der Waals surface area (Å²) in [5, 5.41) is 5.82. The number of nitrogens with one attached hydrogen (secondary N) is 2. The molecule has 1 aromatic rings. The molecule has 0 unspecified atom stereocenters. The topological polar surface area (TPSA) is 50.4 Å². The van der Waals surface area contributed by atoms with Gasteiger partial charge in [-0.3, -0.25) is 4.79 Å². The number of ether oxygens (including phenoxy) is 1. The van der Waals surface area contributed by atoms with E-state index in [-0.39, 0.29) is 18.3 Å².